The summed E-state index contributed by atoms with van der Waals surface area (Å²) in [5.41, 5.74) is 3.00. The Morgan fingerprint density at radius 3 is 3.00 bits per heavy atom. The van der Waals surface area contributed by atoms with E-state index in [0.717, 1.165) is 30.6 Å². The summed E-state index contributed by atoms with van der Waals surface area (Å²) >= 11 is 1.52. The lowest BCUT2D eigenvalue weighted by atomic mass is 9.99. The van der Waals surface area contributed by atoms with E-state index in [1.54, 1.807) is 6.92 Å². The monoisotopic (exact) mass is 345 g/mol. The summed E-state index contributed by atoms with van der Waals surface area (Å²) in [6.07, 6.45) is 2.16. The lowest BCUT2D eigenvalue weighted by Crippen LogP contribution is -2.40. The number of carbonyl (C=O) groups is 1. The molecule has 0 saturated heterocycles. The van der Waals surface area contributed by atoms with E-state index in [1.165, 1.54) is 22.6 Å². The highest BCUT2D eigenvalue weighted by Crippen LogP contribution is 2.28. The number of hydrogen-bond donors (Lipinski definition) is 3. The highest BCUT2D eigenvalue weighted by atomic mass is 32.1. The van der Waals surface area contributed by atoms with E-state index < -0.39 is 5.60 Å². The maximum atomic E-state index is 12.1. The first kappa shape index (κ1) is 16.8. The third-order valence-corrected chi connectivity index (χ3v) is 5.11. The molecule has 1 aromatic carbocycles. The summed E-state index contributed by atoms with van der Waals surface area (Å²) in [6.45, 7) is 2.92. The van der Waals surface area contributed by atoms with E-state index in [-0.39, 0.29) is 12.6 Å². The maximum absolute atomic E-state index is 12.1. The molecule has 6 heteroatoms. The van der Waals surface area contributed by atoms with Gasteiger partial charge in [0.1, 0.15) is 5.60 Å². The number of hydrogen-bond acceptors (Lipinski definition) is 4. The van der Waals surface area contributed by atoms with Crippen molar-refractivity contribution in [3.05, 3.63) is 46.2 Å². The quantitative estimate of drug-likeness (QED) is 0.797. The van der Waals surface area contributed by atoms with Gasteiger partial charge in [0.05, 0.1) is 6.54 Å². The molecule has 1 aromatic heterocycles. The van der Waals surface area contributed by atoms with Crippen LogP contribution >= 0.6 is 11.3 Å². The molecule has 0 fully saturated rings. The Labute approximate surface area is 146 Å². The second-order valence-corrected chi connectivity index (χ2v) is 7.24. The van der Waals surface area contributed by atoms with E-state index in [9.17, 15) is 9.90 Å². The van der Waals surface area contributed by atoms with Crippen molar-refractivity contribution >= 4 is 28.7 Å². The second-order valence-electron chi connectivity index (χ2n) is 6.46. The van der Waals surface area contributed by atoms with Crippen molar-refractivity contribution in [1.82, 2.24) is 5.32 Å². The molecular weight excluding hydrogens is 322 g/mol. The molecule has 0 spiro atoms. The Balaban J connectivity index is 1.59. The first-order valence-corrected chi connectivity index (χ1v) is 9.04. The fourth-order valence-electron chi connectivity index (χ4n) is 2.96. The summed E-state index contributed by atoms with van der Waals surface area (Å²) in [5, 5.41) is 19.8. The molecule has 3 N–H and O–H groups in total. The van der Waals surface area contributed by atoms with Crippen molar-refractivity contribution in [2.24, 2.45) is 0 Å². The van der Waals surface area contributed by atoms with Gasteiger partial charge in [0.15, 0.2) is 0 Å². The Bertz CT molecular complexity index is 713. The van der Waals surface area contributed by atoms with Gasteiger partial charge >= 0.3 is 6.03 Å². The lowest BCUT2D eigenvalue weighted by molar-refractivity contribution is 0.0604. The Kier molecular flexibility index (Phi) is 4.78. The minimum atomic E-state index is -1.07. The molecule has 2 heterocycles. The molecule has 1 atom stereocenters. The van der Waals surface area contributed by atoms with E-state index in [2.05, 4.69) is 22.6 Å². The molecule has 2 amide bonds. The summed E-state index contributed by atoms with van der Waals surface area (Å²) in [5.74, 6) is 0. The molecular formula is C18H23N3O2S. The van der Waals surface area contributed by atoms with E-state index in [4.69, 9.17) is 0 Å². The van der Waals surface area contributed by atoms with E-state index in [0.29, 0.717) is 0 Å². The van der Waals surface area contributed by atoms with Gasteiger partial charge in [0.2, 0.25) is 0 Å². The summed E-state index contributed by atoms with van der Waals surface area (Å²) in [7, 11) is 2.09. The topological polar surface area (TPSA) is 64.6 Å². The van der Waals surface area contributed by atoms with Crippen LogP contribution in [0.3, 0.4) is 0 Å². The number of nitrogens with one attached hydrogen (secondary N) is 2. The first-order chi connectivity index (χ1) is 11.5. The summed E-state index contributed by atoms with van der Waals surface area (Å²) in [4.78, 5) is 14.4. The van der Waals surface area contributed by atoms with Crippen LogP contribution in [0.1, 0.15) is 24.5 Å². The van der Waals surface area contributed by atoms with Crippen LogP contribution in [0.15, 0.2) is 35.0 Å². The number of benzene rings is 1. The number of thiophene rings is 1. The van der Waals surface area contributed by atoms with Crippen LogP contribution in [0.5, 0.6) is 0 Å². The lowest BCUT2D eigenvalue weighted by Gasteiger charge is -2.28. The maximum Gasteiger partial charge on any atom is 0.319 e. The molecule has 1 aliphatic heterocycles. The molecule has 0 aliphatic carbocycles. The zero-order chi connectivity index (χ0) is 17.2. The predicted molar refractivity (Wildman–Crippen MR) is 98.9 cm³/mol. The van der Waals surface area contributed by atoms with Crippen molar-refractivity contribution in [3.63, 3.8) is 0 Å². The van der Waals surface area contributed by atoms with Crippen LogP contribution in [0.2, 0.25) is 0 Å². The highest BCUT2D eigenvalue weighted by molar-refractivity contribution is 7.08. The molecule has 0 unspecified atom stereocenters. The van der Waals surface area contributed by atoms with Gasteiger partial charge in [0, 0.05) is 25.0 Å². The Hall–Kier alpha value is -2.05. The SMILES string of the molecule is CN1CCCc2cc(NC(=O)NC[C@@](C)(O)c3ccsc3)ccc21. The largest absolute Gasteiger partial charge is 0.384 e. The number of rotatable bonds is 4. The first-order valence-electron chi connectivity index (χ1n) is 8.10. The molecule has 128 valence electrons. The molecule has 1 aliphatic rings. The molecule has 0 bridgehead atoms. The van der Waals surface area contributed by atoms with Crippen molar-refractivity contribution < 1.29 is 9.90 Å². The van der Waals surface area contributed by atoms with Gasteiger partial charge in [-0.05, 0) is 65.9 Å². The number of aliphatic hydroxyl groups is 1. The number of urea groups is 1. The van der Waals surface area contributed by atoms with Gasteiger partial charge < -0.3 is 20.6 Å². The molecule has 5 nitrogen and oxygen atoms in total. The van der Waals surface area contributed by atoms with Crippen LogP contribution in [0.25, 0.3) is 0 Å². The zero-order valence-corrected chi connectivity index (χ0v) is 14.8. The molecule has 2 aromatic rings. The standard InChI is InChI=1S/C18H23N3O2S/c1-18(23,14-7-9-24-11-14)12-19-17(22)20-15-5-6-16-13(10-15)4-3-8-21(16)2/h5-7,9-11,23H,3-4,8,12H2,1-2H3,(H2,19,20,22)/t18-/m1/s1. The van der Waals surface area contributed by atoms with Crippen molar-refractivity contribution in [2.45, 2.75) is 25.4 Å². The van der Waals surface area contributed by atoms with Gasteiger partial charge in [0.25, 0.3) is 0 Å². The predicted octanol–water partition coefficient (Wildman–Crippen LogP) is 3.16. The van der Waals surface area contributed by atoms with Crippen molar-refractivity contribution in [2.75, 3.05) is 30.4 Å². The Morgan fingerprint density at radius 2 is 2.25 bits per heavy atom. The van der Waals surface area contributed by atoms with Crippen LogP contribution in [0, 0.1) is 0 Å². The fourth-order valence-corrected chi connectivity index (χ4v) is 3.75. The molecule has 24 heavy (non-hydrogen) atoms. The number of aryl methyl sites for hydroxylation is 1. The number of nitrogens with zero attached hydrogens (tertiary/aromatic N) is 1. The van der Waals surface area contributed by atoms with Crippen LogP contribution in [-0.2, 0) is 12.0 Å². The van der Waals surface area contributed by atoms with Crippen molar-refractivity contribution in [3.8, 4) is 0 Å². The molecule has 3 rings (SSSR count). The number of carbonyl (C=O) groups excluding carboxylic acids is 1. The smallest absolute Gasteiger partial charge is 0.319 e. The van der Waals surface area contributed by atoms with Gasteiger partial charge in [-0.1, -0.05) is 0 Å². The van der Waals surface area contributed by atoms with Crippen LogP contribution in [0.4, 0.5) is 16.2 Å². The van der Waals surface area contributed by atoms with Gasteiger partial charge in [-0.15, -0.1) is 0 Å². The third-order valence-electron chi connectivity index (χ3n) is 4.42. The summed E-state index contributed by atoms with van der Waals surface area (Å²) in [6, 6.07) is 7.55. The number of amides is 2. The van der Waals surface area contributed by atoms with Gasteiger partial charge in [-0.2, -0.15) is 11.3 Å². The number of fused-ring (bicyclic) bond motifs is 1. The fraction of sp³-hybridized carbons (Fsp3) is 0.389. The van der Waals surface area contributed by atoms with E-state index in [1.807, 2.05) is 35.0 Å². The summed E-state index contributed by atoms with van der Waals surface area (Å²) < 4.78 is 0. The minimum absolute atomic E-state index is 0.156. The molecule has 0 saturated carbocycles. The third kappa shape index (κ3) is 3.71. The molecule has 0 radical (unpaired) electrons. The normalized spacial score (nSPS) is 16.2. The van der Waals surface area contributed by atoms with Gasteiger partial charge in [-0.25, -0.2) is 4.79 Å². The minimum Gasteiger partial charge on any atom is -0.384 e. The highest BCUT2D eigenvalue weighted by Gasteiger charge is 2.24. The number of anilines is 2. The second kappa shape index (κ2) is 6.83. The Morgan fingerprint density at radius 1 is 1.42 bits per heavy atom. The zero-order valence-electron chi connectivity index (χ0n) is 14.0. The van der Waals surface area contributed by atoms with Gasteiger partial charge in [-0.3, -0.25) is 0 Å². The average Bonchev–Trinajstić information content (AvgIpc) is 3.09. The average molecular weight is 345 g/mol. The van der Waals surface area contributed by atoms with E-state index >= 15 is 0 Å². The van der Waals surface area contributed by atoms with Crippen molar-refractivity contribution in [1.29, 1.82) is 0 Å². The van der Waals surface area contributed by atoms with Crippen LogP contribution in [-0.4, -0.2) is 31.3 Å². The van der Waals surface area contributed by atoms with Crippen LogP contribution < -0.4 is 15.5 Å².